The molecule has 2 rings (SSSR count). The van der Waals surface area contributed by atoms with E-state index < -0.39 is 28.9 Å². The molecule has 0 amide bonds. The molecule has 1 saturated carbocycles. The molecule has 0 aromatic heterocycles. The molecule has 1 aliphatic rings. The van der Waals surface area contributed by atoms with Crippen molar-refractivity contribution in [3.8, 4) is 0 Å². The van der Waals surface area contributed by atoms with Crippen LogP contribution in [0.1, 0.15) is 48.5 Å². The van der Waals surface area contributed by atoms with Crippen LogP contribution in [0.25, 0.3) is 0 Å². The summed E-state index contributed by atoms with van der Waals surface area (Å²) in [5.41, 5.74) is -2.45. The maximum absolute atomic E-state index is 13.6. The lowest BCUT2D eigenvalue weighted by Crippen LogP contribution is -2.39. The number of ketones is 1. The third kappa shape index (κ3) is 3.10. The van der Waals surface area contributed by atoms with E-state index in [1.54, 1.807) is 6.92 Å². The lowest BCUT2D eigenvalue weighted by molar-refractivity contribution is -0.140. The normalized spacial score (nSPS) is 18.0. The van der Waals surface area contributed by atoms with Crippen molar-refractivity contribution >= 4 is 5.78 Å². The number of halogens is 4. The molecule has 0 radical (unpaired) electrons. The molecule has 0 atom stereocenters. The Morgan fingerprint density at radius 2 is 1.90 bits per heavy atom. The maximum Gasteiger partial charge on any atom is 0.419 e. The number of hydrogen-bond acceptors (Lipinski definition) is 2. The van der Waals surface area contributed by atoms with Gasteiger partial charge in [0.1, 0.15) is 11.4 Å². The summed E-state index contributed by atoms with van der Waals surface area (Å²) in [4.78, 5) is 12.5. The Kier molecular flexibility index (Phi) is 4.37. The molecule has 0 unspecified atom stereocenters. The number of carbonyl (C=O) groups is 1. The van der Waals surface area contributed by atoms with Gasteiger partial charge in [-0.3, -0.25) is 4.79 Å². The van der Waals surface area contributed by atoms with E-state index in [2.05, 4.69) is 0 Å². The van der Waals surface area contributed by atoms with Crippen molar-refractivity contribution < 1.29 is 27.1 Å². The van der Waals surface area contributed by atoms with Crippen LogP contribution in [0.5, 0.6) is 0 Å². The SMILES string of the molecule is CCOC1(C(=O)c2ccc(C(F)(F)F)c(F)c2)CCCC1. The van der Waals surface area contributed by atoms with Crippen LogP contribution in [-0.4, -0.2) is 18.0 Å². The molecule has 6 heteroatoms. The molecule has 1 aromatic rings. The largest absolute Gasteiger partial charge is 0.419 e. The van der Waals surface area contributed by atoms with Gasteiger partial charge in [0, 0.05) is 12.2 Å². The summed E-state index contributed by atoms with van der Waals surface area (Å²) < 4.78 is 56.7. The van der Waals surface area contributed by atoms with Crippen LogP contribution in [0.4, 0.5) is 17.6 Å². The highest BCUT2D eigenvalue weighted by atomic mass is 19.4. The number of rotatable bonds is 4. The van der Waals surface area contributed by atoms with Crippen LogP contribution >= 0.6 is 0 Å². The monoisotopic (exact) mass is 304 g/mol. The maximum atomic E-state index is 13.6. The molecular weight excluding hydrogens is 288 g/mol. The van der Waals surface area contributed by atoms with Crippen LogP contribution in [0.2, 0.25) is 0 Å². The van der Waals surface area contributed by atoms with E-state index in [4.69, 9.17) is 4.74 Å². The summed E-state index contributed by atoms with van der Waals surface area (Å²) in [6.45, 7) is 2.08. The van der Waals surface area contributed by atoms with Crippen molar-refractivity contribution in [2.24, 2.45) is 0 Å². The van der Waals surface area contributed by atoms with Gasteiger partial charge in [0.2, 0.25) is 0 Å². The third-order valence-electron chi connectivity index (χ3n) is 3.78. The zero-order chi connectivity index (χ0) is 15.7. The van der Waals surface area contributed by atoms with Crippen LogP contribution in [-0.2, 0) is 10.9 Å². The summed E-state index contributed by atoms with van der Waals surface area (Å²) in [6, 6.07) is 2.29. The predicted octanol–water partition coefficient (Wildman–Crippen LogP) is 4.38. The lowest BCUT2D eigenvalue weighted by atomic mass is 9.90. The van der Waals surface area contributed by atoms with Crippen molar-refractivity contribution in [1.82, 2.24) is 0 Å². The van der Waals surface area contributed by atoms with Crippen LogP contribution < -0.4 is 0 Å². The molecule has 2 nitrogen and oxygen atoms in total. The van der Waals surface area contributed by atoms with Gasteiger partial charge in [-0.25, -0.2) is 4.39 Å². The minimum absolute atomic E-state index is 0.0733. The molecule has 0 spiro atoms. The second-order valence-corrected chi connectivity index (χ2v) is 5.16. The van der Waals surface area contributed by atoms with Gasteiger partial charge in [-0.2, -0.15) is 13.2 Å². The van der Waals surface area contributed by atoms with E-state index >= 15 is 0 Å². The van der Waals surface area contributed by atoms with Gasteiger partial charge in [0.05, 0.1) is 5.56 Å². The first-order valence-electron chi connectivity index (χ1n) is 6.86. The first kappa shape index (κ1) is 15.9. The molecule has 0 bridgehead atoms. The average molecular weight is 304 g/mol. The summed E-state index contributed by atoms with van der Waals surface area (Å²) >= 11 is 0. The Morgan fingerprint density at radius 1 is 1.29 bits per heavy atom. The van der Waals surface area contributed by atoms with E-state index in [1.165, 1.54) is 0 Å². The quantitative estimate of drug-likeness (QED) is 0.609. The highest BCUT2D eigenvalue weighted by Crippen LogP contribution is 2.37. The fourth-order valence-corrected chi connectivity index (χ4v) is 2.81. The Hall–Kier alpha value is -1.43. The van der Waals surface area contributed by atoms with Crippen molar-refractivity contribution in [3.05, 3.63) is 35.1 Å². The molecule has 1 aromatic carbocycles. The smallest absolute Gasteiger partial charge is 0.367 e. The molecule has 0 heterocycles. The minimum Gasteiger partial charge on any atom is -0.367 e. The van der Waals surface area contributed by atoms with Crippen molar-refractivity contribution in [3.63, 3.8) is 0 Å². The molecule has 116 valence electrons. The van der Waals surface area contributed by atoms with E-state index in [9.17, 15) is 22.4 Å². The molecular formula is C15H16F4O2. The van der Waals surface area contributed by atoms with E-state index in [0.717, 1.165) is 18.9 Å². The Morgan fingerprint density at radius 3 is 2.38 bits per heavy atom. The topological polar surface area (TPSA) is 26.3 Å². The van der Waals surface area contributed by atoms with Gasteiger partial charge in [-0.15, -0.1) is 0 Å². The molecule has 21 heavy (non-hydrogen) atoms. The number of benzene rings is 1. The van der Waals surface area contributed by atoms with Gasteiger partial charge in [0.15, 0.2) is 5.78 Å². The Balaban J connectivity index is 2.33. The fourth-order valence-electron chi connectivity index (χ4n) is 2.81. The molecule has 1 fully saturated rings. The fraction of sp³-hybridized carbons (Fsp3) is 0.533. The minimum atomic E-state index is -4.77. The second-order valence-electron chi connectivity index (χ2n) is 5.16. The van der Waals surface area contributed by atoms with E-state index in [-0.39, 0.29) is 5.56 Å². The molecule has 0 aliphatic heterocycles. The Bertz CT molecular complexity index is 531. The highest BCUT2D eigenvalue weighted by Gasteiger charge is 2.43. The first-order chi connectivity index (χ1) is 9.80. The molecule has 0 saturated heterocycles. The number of alkyl halides is 3. The van der Waals surface area contributed by atoms with Gasteiger partial charge < -0.3 is 4.74 Å². The molecule has 1 aliphatic carbocycles. The zero-order valence-electron chi connectivity index (χ0n) is 11.6. The highest BCUT2D eigenvalue weighted by molar-refractivity contribution is 6.02. The summed E-state index contributed by atoms with van der Waals surface area (Å²) in [5.74, 6) is -1.87. The predicted molar refractivity (Wildman–Crippen MR) is 68.6 cm³/mol. The molecule has 0 N–H and O–H groups in total. The average Bonchev–Trinajstić information content (AvgIpc) is 2.86. The lowest BCUT2D eigenvalue weighted by Gasteiger charge is -2.27. The van der Waals surface area contributed by atoms with Crippen molar-refractivity contribution in [2.75, 3.05) is 6.61 Å². The standard InChI is InChI=1S/C15H16F4O2/c1-2-21-14(7-3-4-8-14)13(20)10-5-6-11(12(16)9-10)15(17,18)19/h5-6,9H,2-4,7-8H2,1H3. The number of hydrogen-bond donors (Lipinski definition) is 0. The van der Waals surface area contributed by atoms with Gasteiger partial charge >= 0.3 is 6.18 Å². The zero-order valence-corrected chi connectivity index (χ0v) is 11.6. The van der Waals surface area contributed by atoms with Crippen LogP contribution in [0.15, 0.2) is 18.2 Å². The second kappa shape index (κ2) is 5.75. The first-order valence-corrected chi connectivity index (χ1v) is 6.86. The Labute approximate surface area is 120 Å². The van der Waals surface area contributed by atoms with E-state index in [0.29, 0.717) is 31.6 Å². The third-order valence-corrected chi connectivity index (χ3v) is 3.78. The van der Waals surface area contributed by atoms with Gasteiger partial charge in [-0.1, -0.05) is 6.07 Å². The van der Waals surface area contributed by atoms with Crippen molar-refractivity contribution in [1.29, 1.82) is 0 Å². The van der Waals surface area contributed by atoms with Crippen molar-refractivity contribution in [2.45, 2.75) is 44.4 Å². The summed E-state index contributed by atoms with van der Waals surface area (Å²) in [5, 5.41) is 0. The van der Waals surface area contributed by atoms with Crippen LogP contribution in [0.3, 0.4) is 0 Å². The van der Waals surface area contributed by atoms with Crippen LogP contribution in [0, 0.1) is 5.82 Å². The number of carbonyl (C=O) groups excluding carboxylic acids is 1. The summed E-state index contributed by atoms with van der Waals surface area (Å²) in [6.07, 6.45) is -2.11. The van der Waals surface area contributed by atoms with Gasteiger partial charge in [-0.05, 0) is 44.7 Å². The summed E-state index contributed by atoms with van der Waals surface area (Å²) in [7, 11) is 0. The van der Waals surface area contributed by atoms with Gasteiger partial charge in [0.25, 0.3) is 0 Å². The van der Waals surface area contributed by atoms with E-state index in [1.807, 2.05) is 0 Å². The number of ether oxygens (including phenoxy) is 1. The number of Topliss-reactive ketones (excluding diaryl/α,β-unsaturated/α-hetero) is 1.